The number of nitrogens with two attached hydrogens (primary N) is 1. The van der Waals surface area contributed by atoms with E-state index in [4.69, 9.17) is 10.5 Å². The molecule has 4 nitrogen and oxygen atoms in total. The molecule has 20 heavy (non-hydrogen) atoms. The third-order valence-electron chi connectivity index (χ3n) is 2.97. The van der Waals surface area contributed by atoms with Gasteiger partial charge in [0.2, 0.25) is 0 Å². The summed E-state index contributed by atoms with van der Waals surface area (Å²) in [6.07, 6.45) is 0. The number of halogens is 1. The maximum Gasteiger partial charge on any atom is 0.261 e. The molecule has 2 rings (SSSR count). The van der Waals surface area contributed by atoms with E-state index in [9.17, 15) is 9.18 Å². The Hall–Kier alpha value is -2.56. The van der Waals surface area contributed by atoms with Crippen LogP contribution >= 0.6 is 0 Å². The first-order valence-electron chi connectivity index (χ1n) is 6.00. The van der Waals surface area contributed by atoms with Gasteiger partial charge in [0.25, 0.3) is 5.91 Å². The van der Waals surface area contributed by atoms with Crippen LogP contribution in [0.3, 0.4) is 0 Å². The molecule has 2 aromatic rings. The molecule has 0 radical (unpaired) electrons. The molecule has 0 unspecified atom stereocenters. The molecule has 0 aliphatic rings. The Balaban J connectivity index is 2.33. The fourth-order valence-electron chi connectivity index (χ4n) is 1.85. The van der Waals surface area contributed by atoms with Crippen molar-refractivity contribution in [3.63, 3.8) is 0 Å². The minimum atomic E-state index is -0.348. The molecule has 0 aromatic heterocycles. The Bertz CT molecular complexity index is 626. The third kappa shape index (κ3) is 2.71. The van der Waals surface area contributed by atoms with E-state index in [0.717, 1.165) is 0 Å². The van der Waals surface area contributed by atoms with Crippen LogP contribution in [0.4, 0.5) is 15.8 Å². The Kier molecular flexibility index (Phi) is 3.89. The van der Waals surface area contributed by atoms with Crippen molar-refractivity contribution in [1.82, 2.24) is 0 Å². The fraction of sp³-hybridized carbons (Fsp3) is 0.133. The number of amides is 1. The van der Waals surface area contributed by atoms with E-state index in [0.29, 0.717) is 22.7 Å². The van der Waals surface area contributed by atoms with Crippen LogP contribution in [0.25, 0.3) is 0 Å². The number of methoxy groups -OCH3 is 1. The monoisotopic (exact) mass is 274 g/mol. The molecule has 0 atom stereocenters. The van der Waals surface area contributed by atoms with Crippen molar-refractivity contribution in [2.24, 2.45) is 0 Å². The largest absolute Gasteiger partial charge is 0.496 e. The smallest absolute Gasteiger partial charge is 0.261 e. The SMILES string of the molecule is COc1cc(N)ccc1C(=O)N(C)c1ccc(F)cc1. The van der Waals surface area contributed by atoms with Crippen LogP contribution in [0.15, 0.2) is 42.5 Å². The second-order valence-corrected chi connectivity index (χ2v) is 4.30. The highest BCUT2D eigenvalue weighted by Gasteiger charge is 2.18. The second-order valence-electron chi connectivity index (χ2n) is 4.30. The van der Waals surface area contributed by atoms with Crippen molar-refractivity contribution < 1.29 is 13.9 Å². The number of carbonyl (C=O) groups is 1. The molecule has 0 heterocycles. The first kappa shape index (κ1) is 13.9. The number of carbonyl (C=O) groups excluding carboxylic acids is 1. The highest BCUT2D eigenvalue weighted by Crippen LogP contribution is 2.24. The van der Waals surface area contributed by atoms with E-state index >= 15 is 0 Å². The number of hydrogen-bond donors (Lipinski definition) is 1. The van der Waals surface area contributed by atoms with Crippen molar-refractivity contribution in [1.29, 1.82) is 0 Å². The highest BCUT2D eigenvalue weighted by atomic mass is 19.1. The molecule has 0 saturated heterocycles. The molecule has 2 aromatic carbocycles. The summed E-state index contributed by atoms with van der Waals surface area (Å²) in [5.74, 6) is -0.197. The zero-order valence-electron chi connectivity index (χ0n) is 11.3. The molecule has 2 N–H and O–H groups in total. The Morgan fingerprint density at radius 3 is 2.45 bits per heavy atom. The molecular formula is C15H15FN2O2. The van der Waals surface area contributed by atoms with Gasteiger partial charge in [-0.25, -0.2) is 4.39 Å². The summed E-state index contributed by atoms with van der Waals surface area (Å²) in [4.78, 5) is 13.9. The van der Waals surface area contributed by atoms with Gasteiger partial charge >= 0.3 is 0 Å². The maximum absolute atomic E-state index is 12.9. The predicted molar refractivity (Wildman–Crippen MR) is 76.5 cm³/mol. The molecule has 0 aliphatic heterocycles. The predicted octanol–water partition coefficient (Wildman–Crippen LogP) is 2.69. The Morgan fingerprint density at radius 1 is 1.20 bits per heavy atom. The zero-order chi connectivity index (χ0) is 14.7. The van der Waals surface area contributed by atoms with Crippen LogP contribution in [0.5, 0.6) is 5.75 Å². The van der Waals surface area contributed by atoms with Crippen molar-refractivity contribution in [2.45, 2.75) is 0 Å². The van der Waals surface area contributed by atoms with Gasteiger partial charge in [0.05, 0.1) is 12.7 Å². The Morgan fingerprint density at radius 2 is 1.85 bits per heavy atom. The number of rotatable bonds is 3. The van der Waals surface area contributed by atoms with Gasteiger partial charge in [0, 0.05) is 24.5 Å². The van der Waals surface area contributed by atoms with Crippen LogP contribution in [0, 0.1) is 5.82 Å². The van der Waals surface area contributed by atoms with Crippen molar-refractivity contribution in [2.75, 3.05) is 24.8 Å². The average molecular weight is 274 g/mol. The molecule has 0 bridgehead atoms. The number of anilines is 2. The van der Waals surface area contributed by atoms with E-state index in [1.54, 1.807) is 25.2 Å². The van der Waals surface area contributed by atoms with Crippen LogP contribution < -0.4 is 15.4 Å². The lowest BCUT2D eigenvalue weighted by atomic mass is 10.1. The minimum absolute atomic E-state index is 0.256. The lowest BCUT2D eigenvalue weighted by Crippen LogP contribution is -2.26. The molecule has 0 aliphatic carbocycles. The quantitative estimate of drug-likeness (QED) is 0.875. The molecule has 1 amide bonds. The lowest BCUT2D eigenvalue weighted by Gasteiger charge is -2.19. The van der Waals surface area contributed by atoms with Crippen LogP contribution in [-0.2, 0) is 0 Å². The lowest BCUT2D eigenvalue weighted by molar-refractivity contribution is 0.0990. The standard InChI is InChI=1S/C15H15FN2O2/c1-18(12-6-3-10(16)4-7-12)15(19)13-8-5-11(17)9-14(13)20-2/h3-9H,17H2,1-2H3. The van der Waals surface area contributed by atoms with Crippen molar-refractivity contribution >= 4 is 17.3 Å². The summed E-state index contributed by atoms with van der Waals surface area (Å²) in [5.41, 5.74) is 7.17. The van der Waals surface area contributed by atoms with Crippen LogP contribution in [0.1, 0.15) is 10.4 Å². The summed E-state index contributed by atoms with van der Waals surface area (Å²) in [6.45, 7) is 0. The number of benzene rings is 2. The molecule has 5 heteroatoms. The maximum atomic E-state index is 12.9. The Labute approximate surface area is 116 Å². The van der Waals surface area contributed by atoms with Gasteiger partial charge in [0.1, 0.15) is 11.6 Å². The van der Waals surface area contributed by atoms with Gasteiger partial charge in [-0.2, -0.15) is 0 Å². The third-order valence-corrected chi connectivity index (χ3v) is 2.97. The normalized spacial score (nSPS) is 10.2. The second kappa shape index (κ2) is 5.61. The van der Waals surface area contributed by atoms with Gasteiger partial charge in [0.15, 0.2) is 0 Å². The van der Waals surface area contributed by atoms with Crippen LogP contribution in [-0.4, -0.2) is 20.1 Å². The molecule has 0 saturated carbocycles. The minimum Gasteiger partial charge on any atom is -0.496 e. The van der Waals surface area contributed by atoms with Gasteiger partial charge in [-0.3, -0.25) is 4.79 Å². The fourth-order valence-corrected chi connectivity index (χ4v) is 1.85. The number of ether oxygens (including phenoxy) is 1. The van der Waals surface area contributed by atoms with E-state index in [-0.39, 0.29) is 11.7 Å². The number of nitrogen functional groups attached to an aromatic ring is 1. The van der Waals surface area contributed by atoms with E-state index in [1.807, 2.05) is 0 Å². The van der Waals surface area contributed by atoms with E-state index in [2.05, 4.69) is 0 Å². The summed E-state index contributed by atoms with van der Waals surface area (Å²) in [5, 5.41) is 0. The number of nitrogens with zero attached hydrogens (tertiary/aromatic N) is 1. The molecule has 0 fully saturated rings. The van der Waals surface area contributed by atoms with E-state index in [1.165, 1.54) is 36.3 Å². The van der Waals surface area contributed by atoms with Crippen LogP contribution in [0.2, 0.25) is 0 Å². The summed E-state index contributed by atoms with van der Waals surface area (Å²) < 4.78 is 18.1. The average Bonchev–Trinajstić information content (AvgIpc) is 2.46. The molecule has 0 spiro atoms. The topological polar surface area (TPSA) is 55.6 Å². The van der Waals surface area contributed by atoms with Crippen molar-refractivity contribution in [3.05, 3.63) is 53.8 Å². The van der Waals surface area contributed by atoms with Crippen molar-refractivity contribution in [3.8, 4) is 5.75 Å². The molecular weight excluding hydrogens is 259 g/mol. The van der Waals surface area contributed by atoms with Gasteiger partial charge in [-0.15, -0.1) is 0 Å². The summed E-state index contributed by atoms with van der Waals surface area (Å²) in [7, 11) is 3.09. The summed E-state index contributed by atoms with van der Waals surface area (Å²) in [6, 6.07) is 10.5. The van der Waals surface area contributed by atoms with Gasteiger partial charge in [-0.05, 0) is 36.4 Å². The van der Waals surface area contributed by atoms with Gasteiger partial charge < -0.3 is 15.4 Å². The molecule has 104 valence electrons. The number of hydrogen-bond acceptors (Lipinski definition) is 3. The first-order valence-corrected chi connectivity index (χ1v) is 6.00. The summed E-state index contributed by atoms with van der Waals surface area (Å²) >= 11 is 0. The van der Waals surface area contributed by atoms with E-state index < -0.39 is 0 Å². The zero-order valence-corrected chi connectivity index (χ0v) is 11.3. The first-order chi connectivity index (χ1) is 9.52. The highest BCUT2D eigenvalue weighted by molar-refractivity contribution is 6.07. The van der Waals surface area contributed by atoms with Gasteiger partial charge in [-0.1, -0.05) is 0 Å².